The number of hydrogen-bond acceptors (Lipinski definition) is 4. The Morgan fingerprint density at radius 1 is 1.16 bits per heavy atom. The van der Waals surface area contributed by atoms with Gasteiger partial charge in [0.25, 0.3) is 0 Å². The van der Waals surface area contributed by atoms with Crippen molar-refractivity contribution in [2.45, 2.75) is 44.4 Å². The van der Waals surface area contributed by atoms with E-state index in [-0.39, 0.29) is 6.04 Å². The molecule has 1 rings (SSSR count). The van der Waals surface area contributed by atoms with E-state index in [1.165, 1.54) is 11.8 Å². The van der Waals surface area contributed by atoms with Gasteiger partial charge in [0.2, 0.25) is 0 Å². The van der Waals surface area contributed by atoms with Crippen LogP contribution >= 0.6 is 0 Å². The van der Waals surface area contributed by atoms with Crippen LogP contribution in [0.15, 0.2) is 24.3 Å². The van der Waals surface area contributed by atoms with Crippen LogP contribution in [0.4, 0.5) is 0 Å². The maximum atomic E-state index is 11.6. The first kappa shape index (κ1) is 16.1. The highest BCUT2D eigenvalue weighted by Crippen LogP contribution is 2.17. The second-order valence-electron chi connectivity index (χ2n) is 5.41. The minimum absolute atomic E-state index is 0.278. The Kier molecular flexibility index (Phi) is 5.52. The topological polar surface area (TPSA) is 72.2 Å². The molecule has 0 saturated carbocycles. The number of hydrazine groups is 1. The van der Waals surface area contributed by atoms with Gasteiger partial charge in [-0.05, 0) is 30.4 Å². The zero-order valence-corrected chi connectivity index (χ0v) is 12.9. The summed E-state index contributed by atoms with van der Waals surface area (Å²) in [6, 6.07) is 7.96. The molecule has 0 amide bonds. The smallest absolute Gasteiger partial charge is 0.151 e. The van der Waals surface area contributed by atoms with E-state index in [0.29, 0.717) is 12.3 Å². The van der Waals surface area contributed by atoms with Crippen LogP contribution in [0.3, 0.4) is 0 Å². The minimum Gasteiger partial charge on any atom is -0.271 e. The van der Waals surface area contributed by atoms with Crippen molar-refractivity contribution in [2.24, 2.45) is 5.84 Å². The summed E-state index contributed by atoms with van der Waals surface area (Å²) in [5, 5.41) is -0.512. The highest BCUT2D eigenvalue weighted by Gasteiger charge is 2.25. The molecule has 0 bridgehead atoms. The molecule has 2 atom stereocenters. The van der Waals surface area contributed by atoms with Gasteiger partial charge < -0.3 is 0 Å². The minimum atomic E-state index is -3.10. The maximum absolute atomic E-state index is 11.6. The van der Waals surface area contributed by atoms with Gasteiger partial charge in [-0.1, -0.05) is 38.1 Å². The summed E-state index contributed by atoms with van der Waals surface area (Å²) in [4.78, 5) is 0. The highest BCUT2D eigenvalue weighted by molar-refractivity contribution is 7.91. The monoisotopic (exact) mass is 284 g/mol. The SMILES string of the molecule is CC(C)c1ccc(CC(NN)C(C)S(C)(=O)=O)cc1. The number of rotatable bonds is 6. The highest BCUT2D eigenvalue weighted by atomic mass is 32.2. The molecule has 4 nitrogen and oxygen atoms in total. The van der Waals surface area contributed by atoms with Gasteiger partial charge in [0, 0.05) is 12.3 Å². The molecule has 0 heterocycles. The van der Waals surface area contributed by atoms with Gasteiger partial charge in [-0.25, -0.2) is 8.42 Å². The Balaban J connectivity index is 2.82. The predicted molar refractivity (Wildman–Crippen MR) is 79.7 cm³/mol. The zero-order valence-electron chi connectivity index (χ0n) is 12.1. The van der Waals surface area contributed by atoms with E-state index in [1.807, 2.05) is 12.1 Å². The number of hydrogen-bond donors (Lipinski definition) is 2. The van der Waals surface area contributed by atoms with Crippen molar-refractivity contribution in [3.63, 3.8) is 0 Å². The van der Waals surface area contributed by atoms with E-state index >= 15 is 0 Å². The van der Waals surface area contributed by atoms with Gasteiger partial charge in [-0.15, -0.1) is 0 Å². The Hall–Kier alpha value is -0.910. The molecule has 0 aliphatic rings. The van der Waals surface area contributed by atoms with Crippen LogP contribution in [0.1, 0.15) is 37.8 Å². The fourth-order valence-corrected chi connectivity index (χ4v) is 2.72. The van der Waals surface area contributed by atoms with E-state index in [2.05, 4.69) is 31.4 Å². The van der Waals surface area contributed by atoms with Crippen LogP contribution in [0.5, 0.6) is 0 Å². The first-order valence-electron chi connectivity index (χ1n) is 6.49. The molecule has 108 valence electrons. The van der Waals surface area contributed by atoms with Crippen LogP contribution < -0.4 is 11.3 Å². The molecule has 0 fully saturated rings. The van der Waals surface area contributed by atoms with Crippen molar-refractivity contribution in [3.05, 3.63) is 35.4 Å². The number of benzene rings is 1. The predicted octanol–water partition coefficient (Wildman–Crippen LogP) is 1.62. The second kappa shape index (κ2) is 6.50. The van der Waals surface area contributed by atoms with Crippen molar-refractivity contribution < 1.29 is 8.42 Å². The van der Waals surface area contributed by atoms with E-state index < -0.39 is 15.1 Å². The van der Waals surface area contributed by atoms with Gasteiger partial charge in [-0.2, -0.15) is 0 Å². The number of sulfone groups is 1. The lowest BCUT2D eigenvalue weighted by atomic mass is 9.98. The van der Waals surface area contributed by atoms with E-state index in [1.54, 1.807) is 6.92 Å². The number of nitrogens with one attached hydrogen (secondary N) is 1. The van der Waals surface area contributed by atoms with E-state index in [4.69, 9.17) is 5.84 Å². The lowest BCUT2D eigenvalue weighted by Crippen LogP contribution is -2.47. The lowest BCUT2D eigenvalue weighted by Gasteiger charge is -2.22. The Morgan fingerprint density at radius 2 is 1.68 bits per heavy atom. The summed E-state index contributed by atoms with van der Waals surface area (Å²) in [5.74, 6) is 5.97. The largest absolute Gasteiger partial charge is 0.271 e. The zero-order chi connectivity index (χ0) is 14.6. The molecule has 2 unspecified atom stereocenters. The van der Waals surface area contributed by atoms with Crippen LogP contribution in [-0.2, 0) is 16.3 Å². The van der Waals surface area contributed by atoms with Crippen LogP contribution in [0.2, 0.25) is 0 Å². The fraction of sp³-hybridized carbons (Fsp3) is 0.571. The summed E-state index contributed by atoms with van der Waals surface area (Å²) < 4.78 is 23.1. The molecule has 0 radical (unpaired) electrons. The van der Waals surface area contributed by atoms with Gasteiger partial charge in [-0.3, -0.25) is 11.3 Å². The molecule has 0 aliphatic carbocycles. The molecular weight excluding hydrogens is 260 g/mol. The first-order valence-corrected chi connectivity index (χ1v) is 8.45. The molecule has 0 spiro atoms. The molecule has 1 aromatic carbocycles. The fourth-order valence-electron chi connectivity index (χ4n) is 1.95. The summed E-state index contributed by atoms with van der Waals surface area (Å²) >= 11 is 0. The summed E-state index contributed by atoms with van der Waals surface area (Å²) in [6.07, 6.45) is 1.84. The third-order valence-corrected chi connectivity index (χ3v) is 5.24. The molecular formula is C14H24N2O2S. The molecule has 0 aromatic heterocycles. The average Bonchev–Trinajstić information content (AvgIpc) is 2.34. The molecule has 5 heteroatoms. The Bertz CT molecular complexity index is 495. The quantitative estimate of drug-likeness (QED) is 0.615. The summed E-state index contributed by atoms with van der Waals surface area (Å²) in [7, 11) is -3.10. The molecule has 0 saturated heterocycles. The lowest BCUT2D eigenvalue weighted by molar-refractivity contribution is 0.494. The molecule has 3 N–H and O–H groups in total. The van der Waals surface area contributed by atoms with Crippen molar-refractivity contribution in [1.82, 2.24) is 5.43 Å². The Morgan fingerprint density at radius 3 is 2.05 bits per heavy atom. The number of nitrogens with two attached hydrogens (primary N) is 1. The standard InChI is InChI=1S/C14H24N2O2S/c1-10(2)13-7-5-12(6-8-13)9-14(16-15)11(3)19(4,17)18/h5-8,10-11,14,16H,9,15H2,1-4H3. The maximum Gasteiger partial charge on any atom is 0.151 e. The van der Waals surface area contributed by atoms with Crippen molar-refractivity contribution in [2.75, 3.05) is 6.26 Å². The van der Waals surface area contributed by atoms with Gasteiger partial charge >= 0.3 is 0 Å². The average molecular weight is 284 g/mol. The third kappa shape index (κ3) is 4.60. The van der Waals surface area contributed by atoms with Gasteiger partial charge in [0.15, 0.2) is 9.84 Å². The van der Waals surface area contributed by atoms with Crippen molar-refractivity contribution in [3.8, 4) is 0 Å². The normalized spacial score (nSPS) is 15.5. The first-order chi connectivity index (χ1) is 8.75. The Labute approximate surface area is 116 Å². The van der Waals surface area contributed by atoms with E-state index in [9.17, 15) is 8.42 Å². The van der Waals surface area contributed by atoms with Crippen LogP contribution in [0.25, 0.3) is 0 Å². The third-order valence-electron chi connectivity index (χ3n) is 3.56. The van der Waals surface area contributed by atoms with Crippen molar-refractivity contribution in [1.29, 1.82) is 0 Å². The summed E-state index contributed by atoms with van der Waals surface area (Å²) in [5.41, 5.74) is 4.98. The molecule has 0 aliphatic heterocycles. The molecule has 1 aromatic rings. The van der Waals surface area contributed by atoms with Gasteiger partial charge in [0.05, 0.1) is 5.25 Å². The summed E-state index contributed by atoms with van der Waals surface area (Å²) in [6.45, 7) is 5.97. The van der Waals surface area contributed by atoms with Crippen LogP contribution in [-0.4, -0.2) is 26.0 Å². The second-order valence-corrected chi connectivity index (χ2v) is 7.81. The van der Waals surface area contributed by atoms with E-state index in [0.717, 1.165) is 5.56 Å². The molecule has 19 heavy (non-hydrogen) atoms. The van der Waals surface area contributed by atoms with Crippen LogP contribution in [0, 0.1) is 0 Å². The van der Waals surface area contributed by atoms with Crippen molar-refractivity contribution >= 4 is 9.84 Å². The van der Waals surface area contributed by atoms with Gasteiger partial charge in [0.1, 0.15) is 0 Å².